The van der Waals surface area contributed by atoms with Crippen molar-refractivity contribution in [3.8, 4) is 0 Å². The number of benzene rings is 1. The summed E-state index contributed by atoms with van der Waals surface area (Å²) < 4.78 is 0. The number of hydrogen-bond donors (Lipinski definition) is 2. The van der Waals surface area contributed by atoms with Crippen molar-refractivity contribution in [3.05, 3.63) is 23.2 Å². The molecule has 3 N–H and O–H groups in total. The highest BCUT2D eigenvalue weighted by atomic mass is 35.5. The second-order valence-corrected chi connectivity index (χ2v) is 6.14. The van der Waals surface area contributed by atoms with Gasteiger partial charge in [-0.3, -0.25) is 4.79 Å². The van der Waals surface area contributed by atoms with Gasteiger partial charge in [0, 0.05) is 18.7 Å². The molecule has 1 aromatic rings. The zero-order chi connectivity index (χ0) is 15.2. The van der Waals surface area contributed by atoms with E-state index in [0.29, 0.717) is 22.8 Å². The van der Waals surface area contributed by atoms with Crippen LogP contribution >= 0.6 is 11.6 Å². The molecule has 0 spiro atoms. The van der Waals surface area contributed by atoms with E-state index in [2.05, 4.69) is 17.1 Å². The fourth-order valence-corrected chi connectivity index (χ4v) is 2.96. The fourth-order valence-electron chi connectivity index (χ4n) is 2.72. The van der Waals surface area contributed by atoms with E-state index in [9.17, 15) is 4.79 Å². The molecular weight excluding hydrogens is 286 g/mol. The number of amides is 1. The maximum atomic E-state index is 12.0. The van der Waals surface area contributed by atoms with Gasteiger partial charge in [0.25, 0.3) is 0 Å². The Kier molecular flexibility index (Phi) is 5.88. The lowest BCUT2D eigenvalue weighted by atomic mass is 9.94. The molecule has 0 aromatic heterocycles. The number of rotatable bonds is 5. The van der Waals surface area contributed by atoms with Gasteiger partial charge in [-0.1, -0.05) is 24.9 Å². The summed E-state index contributed by atoms with van der Waals surface area (Å²) in [6, 6.07) is 5.12. The van der Waals surface area contributed by atoms with Gasteiger partial charge in [-0.05, 0) is 50.0 Å². The van der Waals surface area contributed by atoms with Crippen molar-refractivity contribution in [1.82, 2.24) is 4.90 Å². The molecule has 2 rings (SSSR count). The summed E-state index contributed by atoms with van der Waals surface area (Å²) in [5.41, 5.74) is 6.85. The molecule has 0 bridgehead atoms. The molecule has 1 amide bonds. The summed E-state index contributed by atoms with van der Waals surface area (Å²) >= 11 is 6.05. The third-order valence-corrected chi connectivity index (χ3v) is 4.52. The first-order valence-corrected chi connectivity index (χ1v) is 8.03. The molecule has 0 aliphatic carbocycles. The molecule has 1 fully saturated rings. The van der Waals surface area contributed by atoms with Crippen LogP contribution in [0, 0.1) is 5.92 Å². The Morgan fingerprint density at radius 2 is 2.14 bits per heavy atom. The predicted molar refractivity (Wildman–Crippen MR) is 88.6 cm³/mol. The van der Waals surface area contributed by atoms with E-state index < -0.39 is 0 Å². The van der Waals surface area contributed by atoms with E-state index in [1.165, 1.54) is 19.3 Å². The first-order valence-electron chi connectivity index (χ1n) is 7.65. The molecule has 0 unspecified atom stereocenters. The third-order valence-electron chi connectivity index (χ3n) is 4.21. The Balaban J connectivity index is 1.75. The number of carbonyl (C=O) groups is 1. The SMILES string of the molecule is CCC1CCN(CCC(=O)Nc2ccc(N)cc2Cl)CC1. The third kappa shape index (κ3) is 4.90. The van der Waals surface area contributed by atoms with Gasteiger partial charge < -0.3 is 16.0 Å². The Hall–Kier alpha value is -1.26. The minimum atomic E-state index is -0.000661. The summed E-state index contributed by atoms with van der Waals surface area (Å²) in [6.45, 7) is 5.28. The van der Waals surface area contributed by atoms with Crippen molar-refractivity contribution >= 4 is 28.9 Å². The number of hydrogen-bond acceptors (Lipinski definition) is 3. The van der Waals surface area contributed by atoms with E-state index in [-0.39, 0.29) is 5.91 Å². The van der Waals surface area contributed by atoms with Crippen LogP contribution < -0.4 is 11.1 Å². The molecule has 1 aliphatic rings. The standard InChI is InChI=1S/C16H24ClN3O/c1-2-12-5-8-20(9-6-12)10-7-16(21)19-15-4-3-13(18)11-14(15)17/h3-4,11-12H,2,5-10,18H2,1H3,(H,19,21). The zero-order valence-corrected chi connectivity index (χ0v) is 13.3. The highest BCUT2D eigenvalue weighted by molar-refractivity contribution is 6.34. The van der Waals surface area contributed by atoms with Crippen LogP contribution in [-0.2, 0) is 4.79 Å². The number of likely N-dealkylation sites (tertiary alicyclic amines) is 1. The Labute approximate surface area is 131 Å². The van der Waals surface area contributed by atoms with Gasteiger partial charge in [-0.2, -0.15) is 0 Å². The zero-order valence-electron chi connectivity index (χ0n) is 12.6. The lowest BCUT2D eigenvalue weighted by Crippen LogP contribution is -2.35. The van der Waals surface area contributed by atoms with Gasteiger partial charge in [0.15, 0.2) is 0 Å². The fraction of sp³-hybridized carbons (Fsp3) is 0.562. The molecule has 1 aromatic carbocycles. The molecule has 0 saturated carbocycles. The molecule has 0 radical (unpaired) electrons. The van der Waals surface area contributed by atoms with Crippen LogP contribution in [0.5, 0.6) is 0 Å². The molecule has 1 saturated heterocycles. The number of nitrogens with one attached hydrogen (secondary N) is 1. The molecule has 21 heavy (non-hydrogen) atoms. The number of piperidine rings is 1. The van der Waals surface area contributed by atoms with Crippen molar-refractivity contribution in [2.24, 2.45) is 5.92 Å². The van der Waals surface area contributed by atoms with Gasteiger partial charge in [-0.15, -0.1) is 0 Å². The number of anilines is 2. The van der Waals surface area contributed by atoms with Gasteiger partial charge in [0.05, 0.1) is 10.7 Å². The van der Waals surface area contributed by atoms with Crippen molar-refractivity contribution in [2.45, 2.75) is 32.6 Å². The quantitative estimate of drug-likeness (QED) is 0.820. The summed E-state index contributed by atoms with van der Waals surface area (Å²) in [5, 5.41) is 3.32. The topological polar surface area (TPSA) is 58.4 Å². The van der Waals surface area contributed by atoms with Crippen LogP contribution in [0.15, 0.2) is 18.2 Å². The molecule has 116 valence electrons. The van der Waals surface area contributed by atoms with Gasteiger partial charge in [-0.25, -0.2) is 0 Å². The van der Waals surface area contributed by atoms with Crippen molar-refractivity contribution < 1.29 is 4.79 Å². The number of nitrogen functional groups attached to an aromatic ring is 1. The average molecular weight is 310 g/mol. The van der Waals surface area contributed by atoms with Crippen molar-refractivity contribution in [3.63, 3.8) is 0 Å². The van der Waals surface area contributed by atoms with E-state index in [1.807, 2.05) is 0 Å². The first-order chi connectivity index (χ1) is 10.1. The van der Waals surface area contributed by atoms with E-state index >= 15 is 0 Å². The Morgan fingerprint density at radius 1 is 1.43 bits per heavy atom. The summed E-state index contributed by atoms with van der Waals surface area (Å²) in [6.07, 6.45) is 4.27. The Morgan fingerprint density at radius 3 is 2.76 bits per heavy atom. The summed E-state index contributed by atoms with van der Waals surface area (Å²) in [5.74, 6) is 0.864. The van der Waals surface area contributed by atoms with Crippen LogP contribution in [-0.4, -0.2) is 30.4 Å². The van der Waals surface area contributed by atoms with Crippen molar-refractivity contribution in [1.29, 1.82) is 0 Å². The molecule has 5 heteroatoms. The van der Waals surface area contributed by atoms with Crippen LogP contribution in [0.2, 0.25) is 5.02 Å². The second-order valence-electron chi connectivity index (χ2n) is 5.73. The van der Waals surface area contributed by atoms with Crippen molar-refractivity contribution in [2.75, 3.05) is 30.7 Å². The van der Waals surface area contributed by atoms with Crippen LogP contribution in [0.25, 0.3) is 0 Å². The average Bonchev–Trinajstić information content (AvgIpc) is 2.48. The largest absolute Gasteiger partial charge is 0.399 e. The number of halogens is 1. The van der Waals surface area contributed by atoms with Crippen LogP contribution in [0.4, 0.5) is 11.4 Å². The van der Waals surface area contributed by atoms with Gasteiger partial charge >= 0.3 is 0 Å². The van der Waals surface area contributed by atoms with E-state index in [0.717, 1.165) is 25.6 Å². The Bertz CT molecular complexity index is 484. The molecule has 4 nitrogen and oxygen atoms in total. The summed E-state index contributed by atoms with van der Waals surface area (Å²) in [4.78, 5) is 14.4. The van der Waals surface area contributed by atoms with Gasteiger partial charge in [0.2, 0.25) is 5.91 Å². The summed E-state index contributed by atoms with van der Waals surface area (Å²) in [7, 11) is 0. The number of carbonyl (C=O) groups excluding carboxylic acids is 1. The smallest absolute Gasteiger partial charge is 0.225 e. The number of nitrogens with zero attached hydrogens (tertiary/aromatic N) is 1. The van der Waals surface area contributed by atoms with Crippen LogP contribution in [0.1, 0.15) is 32.6 Å². The highest BCUT2D eigenvalue weighted by Crippen LogP contribution is 2.24. The maximum Gasteiger partial charge on any atom is 0.225 e. The minimum Gasteiger partial charge on any atom is -0.399 e. The monoisotopic (exact) mass is 309 g/mol. The second kappa shape index (κ2) is 7.66. The molecule has 1 heterocycles. The lowest BCUT2D eigenvalue weighted by Gasteiger charge is -2.31. The molecule has 0 atom stereocenters. The van der Waals surface area contributed by atoms with Crippen LogP contribution in [0.3, 0.4) is 0 Å². The maximum absolute atomic E-state index is 12.0. The highest BCUT2D eigenvalue weighted by Gasteiger charge is 2.18. The van der Waals surface area contributed by atoms with Gasteiger partial charge in [0.1, 0.15) is 0 Å². The normalized spacial score (nSPS) is 16.9. The molecule has 1 aliphatic heterocycles. The van der Waals surface area contributed by atoms with E-state index in [4.69, 9.17) is 17.3 Å². The minimum absolute atomic E-state index is 0.000661. The number of nitrogens with two attached hydrogens (primary N) is 1. The predicted octanol–water partition coefficient (Wildman–Crippen LogP) is 3.37. The first kappa shape index (κ1) is 16.1. The van der Waals surface area contributed by atoms with E-state index in [1.54, 1.807) is 18.2 Å². The molecular formula is C16H24ClN3O. The lowest BCUT2D eigenvalue weighted by molar-refractivity contribution is -0.116.